The minimum absolute atomic E-state index is 0.130. The molecule has 0 aromatic heterocycles. The van der Waals surface area contributed by atoms with Gasteiger partial charge in [0.25, 0.3) is 0 Å². The van der Waals surface area contributed by atoms with Gasteiger partial charge in [0.05, 0.1) is 5.41 Å². The molecule has 27 heavy (non-hydrogen) atoms. The number of carboxylic acid groups (broad SMARTS) is 1. The second kappa shape index (κ2) is 6.66. The van der Waals surface area contributed by atoms with Crippen molar-refractivity contribution in [3.8, 4) is 0 Å². The Kier molecular flexibility index (Phi) is 4.31. The standard InChI is InChI=1S/C24H23NO2/c1-17-24(2,16-18-8-4-3-5-9-18)23-20-11-7-6-10-19(20)12-13-21(23)25(17)15-14-22(26)27/h3-13H,14-16H2,1-2H3/p+1. The Bertz CT molecular complexity index is 1050. The van der Waals surface area contributed by atoms with Crippen molar-refractivity contribution in [1.29, 1.82) is 0 Å². The monoisotopic (exact) mass is 358 g/mol. The lowest BCUT2D eigenvalue weighted by Gasteiger charge is -2.24. The molecule has 1 atom stereocenters. The van der Waals surface area contributed by atoms with Gasteiger partial charge in [0.15, 0.2) is 12.3 Å². The number of benzene rings is 3. The van der Waals surface area contributed by atoms with E-state index >= 15 is 0 Å². The smallest absolute Gasteiger partial charge is 0.309 e. The quantitative estimate of drug-likeness (QED) is 0.657. The van der Waals surface area contributed by atoms with Crippen LogP contribution in [0.25, 0.3) is 10.8 Å². The van der Waals surface area contributed by atoms with Gasteiger partial charge in [-0.3, -0.25) is 4.79 Å². The Labute approximate surface area is 159 Å². The average Bonchev–Trinajstić information content (AvgIpc) is 2.88. The fourth-order valence-corrected chi connectivity index (χ4v) is 4.44. The summed E-state index contributed by atoms with van der Waals surface area (Å²) in [6.07, 6.45) is 1.02. The summed E-state index contributed by atoms with van der Waals surface area (Å²) in [6, 6.07) is 23.3. The van der Waals surface area contributed by atoms with E-state index < -0.39 is 5.97 Å². The summed E-state index contributed by atoms with van der Waals surface area (Å²) in [7, 11) is 0. The summed E-state index contributed by atoms with van der Waals surface area (Å²) < 4.78 is 2.21. The molecule has 4 rings (SSSR count). The van der Waals surface area contributed by atoms with Crippen LogP contribution in [0.5, 0.6) is 0 Å². The van der Waals surface area contributed by atoms with Gasteiger partial charge in [-0.15, -0.1) is 0 Å². The lowest BCUT2D eigenvalue weighted by atomic mass is 9.73. The summed E-state index contributed by atoms with van der Waals surface area (Å²) in [6.45, 7) is 4.94. The third kappa shape index (κ3) is 2.93. The van der Waals surface area contributed by atoms with Crippen molar-refractivity contribution in [2.24, 2.45) is 0 Å². The molecular formula is C24H24NO2+. The highest BCUT2D eigenvalue weighted by molar-refractivity contribution is 6.02. The lowest BCUT2D eigenvalue weighted by Crippen LogP contribution is -2.33. The predicted molar refractivity (Wildman–Crippen MR) is 109 cm³/mol. The van der Waals surface area contributed by atoms with E-state index in [-0.39, 0.29) is 11.8 Å². The summed E-state index contributed by atoms with van der Waals surface area (Å²) >= 11 is 0. The Morgan fingerprint density at radius 1 is 1.00 bits per heavy atom. The van der Waals surface area contributed by atoms with E-state index in [1.165, 1.54) is 27.6 Å². The molecule has 1 aliphatic heterocycles. The van der Waals surface area contributed by atoms with Crippen LogP contribution in [0, 0.1) is 0 Å². The van der Waals surface area contributed by atoms with Crippen LogP contribution in [-0.2, 0) is 16.6 Å². The first-order valence-corrected chi connectivity index (χ1v) is 9.40. The maximum atomic E-state index is 11.2. The van der Waals surface area contributed by atoms with Crippen LogP contribution in [0.1, 0.15) is 31.4 Å². The Morgan fingerprint density at radius 2 is 1.70 bits per heavy atom. The number of carbonyl (C=O) groups is 1. The molecule has 3 nitrogen and oxygen atoms in total. The average molecular weight is 358 g/mol. The zero-order valence-electron chi connectivity index (χ0n) is 15.8. The van der Waals surface area contributed by atoms with Gasteiger partial charge in [0.1, 0.15) is 6.42 Å². The third-order valence-corrected chi connectivity index (χ3v) is 5.90. The molecule has 0 radical (unpaired) electrons. The van der Waals surface area contributed by atoms with Crippen molar-refractivity contribution in [1.82, 2.24) is 0 Å². The van der Waals surface area contributed by atoms with Gasteiger partial charge in [-0.25, -0.2) is 0 Å². The molecule has 0 aliphatic carbocycles. The van der Waals surface area contributed by atoms with Crippen LogP contribution in [-0.4, -0.2) is 27.9 Å². The number of hydrogen-bond donors (Lipinski definition) is 1. The van der Waals surface area contributed by atoms with E-state index in [2.05, 4.69) is 79.1 Å². The molecule has 1 heterocycles. The van der Waals surface area contributed by atoms with E-state index in [0.717, 1.165) is 12.1 Å². The van der Waals surface area contributed by atoms with Gasteiger partial charge in [-0.05, 0) is 35.7 Å². The largest absolute Gasteiger partial charge is 0.481 e. The van der Waals surface area contributed by atoms with Gasteiger partial charge >= 0.3 is 5.97 Å². The molecule has 1 aliphatic rings. The Balaban J connectivity index is 1.92. The number of aliphatic carboxylic acids is 1. The van der Waals surface area contributed by atoms with Gasteiger partial charge in [-0.1, -0.05) is 54.6 Å². The number of carboxylic acids is 1. The summed E-state index contributed by atoms with van der Waals surface area (Å²) in [5.74, 6) is -0.762. The van der Waals surface area contributed by atoms with Gasteiger partial charge < -0.3 is 5.11 Å². The van der Waals surface area contributed by atoms with Gasteiger partial charge in [-0.2, -0.15) is 4.58 Å². The van der Waals surface area contributed by atoms with Crippen LogP contribution in [0.2, 0.25) is 0 Å². The highest BCUT2D eigenvalue weighted by Crippen LogP contribution is 2.45. The first-order valence-electron chi connectivity index (χ1n) is 9.40. The summed E-state index contributed by atoms with van der Waals surface area (Å²) in [4.78, 5) is 11.2. The van der Waals surface area contributed by atoms with E-state index in [0.29, 0.717) is 6.54 Å². The van der Waals surface area contributed by atoms with Crippen molar-refractivity contribution in [2.75, 3.05) is 6.54 Å². The second-order valence-corrected chi connectivity index (χ2v) is 7.56. The van der Waals surface area contributed by atoms with E-state index in [1.807, 2.05) is 6.07 Å². The maximum absolute atomic E-state index is 11.2. The molecule has 3 aromatic rings. The Morgan fingerprint density at radius 3 is 2.44 bits per heavy atom. The molecule has 0 amide bonds. The van der Waals surface area contributed by atoms with Crippen LogP contribution >= 0.6 is 0 Å². The molecule has 0 saturated heterocycles. The van der Waals surface area contributed by atoms with Crippen LogP contribution in [0.4, 0.5) is 5.69 Å². The fourth-order valence-electron chi connectivity index (χ4n) is 4.44. The number of fused-ring (bicyclic) bond motifs is 3. The molecular weight excluding hydrogens is 334 g/mol. The fraction of sp³-hybridized carbons (Fsp3) is 0.250. The minimum atomic E-state index is -0.762. The number of hydrogen-bond acceptors (Lipinski definition) is 1. The molecule has 0 spiro atoms. The topological polar surface area (TPSA) is 40.3 Å². The third-order valence-electron chi connectivity index (χ3n) is 5.90. The summed E-state index contributed by atoms with van der Waals surface area (Å²) in [5.41, 5.74) is 4.80. The highest BCUT2D eigenvalue weighted by Gasteiger charge is 2.47. The molecule has 0 bridgehead atoms. The second-order valence-electron chi connectivity index (χ2n) is 7.56. The number of rotatable bonds is 5. The zero-order chi connectivity index (χ0) is 19.0. The Hall–Kier alpha value is -2.94. The van der Waals surface area contributed by atoms with E-state index in [1.54, 1.807) is 0 Å². The van der Waals surface area contributed by atoms with Crippen molar-refractivity contribution in [2.45, 2.75) is 32.1 Å². The van der Waals surface area contributed by atoms with Crippen molar-refractivity contribution in [3.05, 3.63) is 77.9 Å². The SMILES string of the molecule is CC1=[N+](CCC(=O)O)c2ccc3ccccc3c2C1(C)Cc1ccccc1. The van der Waals surface area contributed by atoms with Crippen molar-refractivity contribution < 1.29 is 14.5 Å². The first-order chi connectivity index (χ1) is 13.0. The molecule has 1 unspecified atom stereocenters. The van der Waals surface area contributed by atoms with Crippen LogP contribution in [0.3, 0.4) is 0 Å². The zero-order valence-corrected chi connectivity index (χ0v) is 15.8. The highest BCUT2D eigenvalue weighted by atomic mass is 16.4. The summed E-state index contributed by atoms with van der Waals surface area (Å²) in [5, 5.41) is 11.7. The van der Waals surface area contributed by atoms with Gasteiger partial charge in [0.2, 0.25) is 5.69 Å². The van der Waals surface area contributed by atoms with Gasteiger partial charge in [0, 0.05) is 18.6 Å². The molecule has 1 N–H and O–H groups in total. The van der Waals surface area contributed by atoms with Crippen molar-refractivity contribution in [3.63, 3.8) is 0 Å². The van der Waals surface area contributed by atoms with Crippen LogP contribution < -0.4 is 0 Å². The first kappa shape index (κ1) is 17.5. The van der Waals surface area contributed by atoms with E-state index in [4.69, 9.17) is 0 Å². The molecule has 3 heteroatoms. The van der Waals surface area contributed by atoms with Crippen molar-refractivity contribution >= 4 is 28.1 Å². The lowest BCUT2D eigenvalue weighted by molar-refractivity contribution is -0.438. The molecule has 0 saturated carbocycles. The number of nitrogens with zero attached hydrogens (tertiary/aromatic N) is 1. The maximum Gasteiger partial charge on any atom is 0.309 e. The molecule has 3 aromatic carbocycles. The van der Waals surface area contributed by atoms with Crippen LogP contribution in [0.15, 0.2) is 66.7 Å². The molecule has 136 valence electrons. The predicted octanol–water partition coefficient (Wildman–Crippen LogP) is 4.93. The molecule has 0 fully saturated rings. The minimum Gasteiger partial charge on any atom is -0.481 e. The normalized spacial score (nSPS) is 18.7. The van der Waals surface area contributed by atoms with E-state index in [9.17, 15) is 9.90 Å².